The summed E-state index contributed by atoms with van der Waals surface area (Å²) in [7, 11) is 0. The van der Waals surface area contributed by atoms with Gasteiger partial charge in [-0.15, -0.1) is 11.6 Å². The summed E-state index contributed by atoms with van der Waals surface area (Å²) in [6, 6.07) is 0. The van der Waals surface area contributed by atoms with Gasteiger partial charge in [0.1, 0.15) is 0 Å². The second kappa shape index (κ2) is 10.1. The van der Waals surface area contributed by atoms with Gasteiger partial charge in [-0.1, -0.05) is 58.8 Å². The molecule has 0 aliphatic carbocycles. The number of hydrogen-bond donors (Lipinski definition) is 0. The average Bonchev–Trinajstić information content (AvgIpc) is 2.37. The van der Waals surface area contributed by atoms with E-state index < -0.39 is 0 Å². The fourth-order valence-corrected chi connectivity index (χ4v) is 3.08. The highest BCUT2D eigenvalue weighted by Gasteiger charge is 2.23. The first-order valence-electron chi connectivity index (χ1n) is 8.10. The van der Waals surface area contributed by atoms with Crippen LogP contribution in [0.5, 0.6) is 0 Å². The number of nitrogens with zero attached hydrogens (tertiary/aromatic N) is 1. The molecule has 18 heavy (non-hydrogen) atoms. The quantitative estimate of drug-likeness (QED) is 0.418. The third-order valence-corrected chi connectivity index (χ3v) is 4.85. The topological polar surface area (TPSA) is 3.24 Å². The Morgan fingerprint density at radius 1 is 1.00 bits per heavy atom. The molecule has 2 atom stereocenters. The van der Waals surface area contributed by atoms with Crippen molar-refractivity contribution in [3.05, 3.63) is 0 Å². The zero-order valence-corrected chi connectivity index (χ0v) is 13.2. The standard InChI is InChI=1S/C16H32ClN/c1-3-4-5-6-7-8-9-10-12-18-13-11-15(2)16(17)14-18/h15-16H,3-14H2,1-2H3. The molecule has 1 fully saturated rings. The van der Waals surface area contributed by atoms with Crippen LogP contribution in [0.15, 0.2) is 0 Å². The van der Waals surface area contributed by atoms with E-state index in [-0.39, 0.29) is 0 Å². The van der Waals surface area contributed by atoms with Gasteiger partial charge in [0.2, 0.25) is 0 Å². The maximum absolute atomic E-state index is 6.33. The Hall–Kier alpha value is 0.250. The molecule has 2 unspecified atom stereocenters. The van der Waals surface area contributed by atoms with Gasteiger partial charge >= 0.3 is 0 Å². The molecule has 0 saturated carbocycles. The molecular weight excluding hydrogens is 242 g/mol. The van der Waals surface area contributed by atoms with Gasteiger partial charge in [0, 0.05) is 11.9 Å². The van der Waals surface area contributed by atoms with Crippen LogP contribution in [0.3, 0.4) is 0 Å². The van der Waals surface area contributed by atoms with Crippen molar-refractivity contribution < 1.29 is 0 Å². The van der Waals surface area contributed by atoms with E-state index in [1.807, 2.05) is 0 Å². The highest BCUT2D eigenvalue weighted by Crippen LogP contribution is 2.22. The Kier molecular flexibility index (Phi) is 9.14. The summed E-state index contributed by atoms with van der Waals surface area (Å²) in [5.74, 6) is 0.710. The first kappa shape index (κ1) is 16.3. The van der Waals surface area contributed by atoms with E-state index in [2.05, 4.69) is 18.7 Å². The van der Waals surface area contributed by atoms with E-state index in [1.165, 1.54) is 70.9 Å². The number of alkyl halides is 1. The molecule has 0 aromatic carbocycles. The highest BCUT2D eigenvalue weighted by atomic mass is 35.5. The number of rotatable bonds is 9. The molecule has 1 aliphatic heterocycles. The van der Waals surface area contributed by atoms with Gasteiger partial charge in [0.15, 0.2) is 0 Å². The molecule has 1 saturated heterocycles. The first-order chi connectivity index (χ1) is 8.74. The fourth-order valence-electron chi connectivity index (χ4n) is 2.76. The molecule has 1 aliphatic rings. The summed E-state index contributed by atoms with van der Waals surface area (Å²) < 4.78 is 0. The molecule has 0 bridgehead atoms. The van der Waals surface area contributed by atoms with Crippen molar-refractivity contribution in [2.75, 3.05) is 19.6 Å². The number of unbranched alkanes of at least 4 members (excludes halogenated alkanes) is 7. The summed E-state index contributed by atoms with van der Waals surface area (Å²) in [6.45, 7) is 8.21. The summed E-state index contributed by atoms with van der Waals surface area (Å²) in [5.41, 5.74) is 0. The molecule has 0 spiro atoms. The molecule has 0 radical (unpaired) electrons. The summed E-state index contributed by atoms with van der Waals surface area (Å²) in [4.78, 5) is 2.56. The Labute approximate surface area is 119 Å². The van der Waals surface area contributed by atoms with Crippen molar-refractivity contribution in [1.82, 2.24) is 4.90 Å². The van der Waals surface area contributed by atoms with Crippen molar-refractivity contribution in [3.8, 4) is 0 Å². The van der Waals surface area contributed by atoms with Gasteiger partial charge in [-0.3, -0.25) is 0 Å². The molecule has 0 amide bonds. The van der Waals surface area contributed by atoms with Crippen LogP contribution in [0.4, 0.5) is 0 Å². The lowest BCUT2D eigenvalue weighted by Crippen LogP contribution is -2.40. The van der Waals surface area contributed by atoms with Gasteiger partial charge in [0.05, 0.1) is 0 Å². The zero-order valence-electron chi connectivity index (χ0n) is 12.5. The predicted octanol–water partition coefficient (Wildman–Crippen LogP) is 5.08. The van der Waals surface area contributed by atoms with E-state index in [0.29, 0.717) is 11.3 Å². The smallest absolute Gasteiger partial charge is 0.0489 e. The van der Waals surface area contributed by atoms with Gasteiger partial charge in [0.25, 0.3) is 0 Å². The molecule has 1 rings (SSSR count). The second-order valence-corrected chi connectivity index (χ2v) is 6.62. The van der Waals surface area contributed by atoms with Crippen LogP contribution in [-0.4, -0.2) is 29.9 Å². The molecule has 1 nitrogen and oxygen atoms in total. The van der Waals surface area contributed by atoms with Crippen molar-refractivity contribution in [1.29, 1.82) is 0 Å². The minimum absolute atomic E-state index is 0.382. The molecular formula is C16H32ClN. The lowest BCUT2D eigenvalue weighted by molar-refractivity contribution is 0.193. The minimum Gasteiger partial charge on any atom is -0.302 e. The molecule has 0 N–H and O–H groups in total. The Morgan fingerprint density at radius 3 is 2.22 bits per heavy atom. The van der Waals surface area contributed by atoms with Crippen LogP contribution in [0.2, 0.25) is 0 Å². The number of piperidine rings is 1. The van der Waals surface area contributed by atoms with Crippen LogP contribution >= 0.6 is 11.6 Å². The van der Waals surface area contributed by atoms with E-state index in [1.54, 1.807) is 0 Å². The Bertz CT molecular complexity index is 196. The van der Waals surface area contributed by atoms with Gasteiger partial charge in [-0.05, 0) is 31.8 Å². The van der Waals surface area contributed by atoms with Gasteiger partial charge in [-0.2, -0.15) is 0 Å². The van der Waals surface area contributed by atoms with Gasteiger partial charge in [-0.25, -0.2) is 0 Å². The fraction of sp³-hybridized carbons (Fsp3) is 1.00. The van der Waals surface area contributed by atoms with E-state index >= 15 is 0 Å². The molecule has 108 valence electrons. The van der Waals surface area contributed by atoms with E-state index in [0.717, 1.165) is 6.54 Å². The molecule has 2 heteroatoms. The normalized spacial score (nSPS) is 25.5. The van der Waals surface area contributed by atoms with E-state index in [9.17, 15) is 0 Å². The number of hydrogen-bond acceptors (Lipinski definition) is 1. The summed E-state index contributed by atoms with van der Waals surface area (Å²) >= 11 is 6.33. The minimum atomic E-state index is 0.382. The largest absolute Gasteiger partial charge is 0.302 e. The maximum atomic E-state index is 6.33. The third-order valence-electron chi connectivity index (χ3n) is 4.28. The highest BCUT2D eigenvalue weighted by molar-refractivity contribution is 6.21. The van der Waals surface area contributed by atoms with Crippen molar-refractivity contribution >= 4 is 11.6 Å². The maximum Gasteiger partial charge on any atom is 0.0489 e. The van der Waals surface area contributed by atoms with Crippen molar-refractivity contribution in [2.45, 2.75) is 77.0 Å². The monoisotopic (exact) mass is 273 g/mol. The zero-order chi connectivity index (χ0) is 13.2. The van der Waals surface area contributed by atoms with Crippen molar-refractivity contribution in [2.24, 2.45) is 5.92 Å². The Balaban J connectivity index is 1.89. The summed E-state index contributed by atoms with van der Waals surface area (Å²) in [5, 5.41) is 0.382. The van der Waals surface area contributed by atoms with Crippen LogP contribution in [0, 0.1) is 5.92 Å². The lowest BCUT2D eigenvalue weighted by Gasteiger charge is -2.33. The van der Waals surface area contributed by atoms with Crippen LogP contribution in [0.1, 0.15) is 71.6 Å². The first-order valence-corrected chi connectivity index (χ1v) is 8.54. The van der Waals surface area contributed by atoms with Crippen molar-refractivity contribution in [3.63, 3.8) is 0 Å². The van der Waals surface area contributed by atoms with Crippen LogP contribution in [-0.2, 0) is 0 Å². The molecule has 0 aromatic rings. The predicted molar refractivity (Wildman–Crippen MR) is 82.5 cm³/mol. The third kappa shape index (κ3) is 6.99. The number of likely N-dealkylation sites (tertiary alicyclic amines) is 1. The molecule has 1 heterocycles. The average molecular weight is 274 g/mol. The van der Waals surface area contributed by atoms with E-state index in [4.69, 9.17) is 11.6 Å². The second-order valence-electron chi connectivity index (χ2n) is 6.06. The molecule has 0 aromatic heterocycles. The summed E-state index contributed by atoms with van der Waals surface area (Å²) in [6.07, 6.45) is 12.6. The lowest BCUT2D eigenvalue weighted by atomic mass is 9.98. The Morgan fingerprint density at radius 2 is 1.61 bits per heavy atom. The van der Waals surface area contributed by atoms with Crippen LogP contribution in [0.25, 0.3) is 0 Å². The van der Waals surface area contributed by atoms with Crippen LogP contribution < -0.4 is 0 Å². The SMILES string of the molecule is CCCCCCCCCCN1CCC(C)C(Cl)C1. The van der Waals surface area contributed by atoms with Gasteiger partial charge < -0.3 is 4.90 Å². The number of halogens is 1.